The first-order valence-corrected chi connectivity index (χ1v) is 10.4. The first-order chi connectivity index (χ1) is 12.7. The topological polar surface area (TPSA) is 40.5 Å². The Hall–Kier alpha value is -1.96. The lowest BCUT2D eigenvalue weighted by molar-refractivity contribution is 0.459. The van der Waals surface area contributed by atoms with E-state index in [2.05, 4.69) is 26.0 Å². The van der Waals surface area contributed by atoms with Gasteiger partial charge in [-0.1, -0.05) is 26.0 Å². The molecule has 26 heavy (non-hydrogen) atoms. The van der Waals surface area contributed by atoms with Gasteiger partial charge in [-0.25, -0.2) is 0 Å². The van der Waals surface area contributed by atoms with Crippen LogP contribution in [0.3, 0.4) is 0 Å². The maximum Gasteiger partial charge on any atom is 0.127 e. The average Bonchev–Trinajstić information content (AvgIpc) is 2.68. The zero-order valence-electron chi connectivity index (χ0n) is 16.1. The van der Waals surface area contributed by atoms with Crippen molar-refractivity contribution >= 4 is 0 Å². The van der Waals surface area contributed by atoms with Crippen LogP contribution in [0, 0.1) is 0 Å². The van der Waals surface area contributed by atoms with Gasteiger partial charge in [0.2, 0.25) is 0 Å². The number of aryl methyl sites for hydroxylation is 4. The minimum Gasteiger partial charge on any atom is -0.507 e. The van der Waals surface area contributed by atoms with Crippen LogP contribution < -0.4 is 0 Å². The third-order valence-electron chi connectivity index (χ3n) is 6.42. The van der Waals surface area contributed by atoms with Crippen molar-refractivity contribution in [3.05, 3.63) is 45.5 Å². The smallest absolute Gasteiger partial charge is 0.127 e. The third kappa shape index (κ3) is 2.71. The molecule has 0 aliphatic heterocycles. The molecule has 0 aromatic heterocycles. The van der Waals surface area contributed by atoms with Gasteiger partial charge in [0.15, 0.2) is 0 Å². The van der Waals surface area contributed by atoms with Gasteiger partial charge in [0, 0.05) is 11.1 Å². The second-order valence-electron chi connectivity index (χ2n) is 7.92. The van der Waals surface area contributed by atoms with Gasteiger partial charge in [-0.2, -0.15) is 0 Å². The molecule has 0 spiro atoms. The molecule has 0 unspecified atom stereocenters. The first kappa shape index (κ1) is 17.5. The number of phenolic OH excluding ortho intramolecular Hbond substituents is 2. The summed E-state index contributed by atoms with van der Waals surface area (Å²) < 4.78 is 0. The van der Waals surface area contributed by atoms with Crippen LogP contribution in [0.1, 0.15) is 72.9 Å². The fourth-order valence-electron chi connectivity index (χ4n) is 4.99. The number of fused-ring (bicyclic) bond motifs is 2. The lowest BCUT2D eigenvalue weighted by Gasteiger charge is -2.28. The number of phenols is 2. The van der Waals surface area contributed by atoms with Crippen molar-refractivity contribution in [1.82, 2.24) is 0 Å². The van der Waals surface area contributed by atoms with Crippen LogP contribution in [0.15, 0.2) is 12.1 Å². The summed E-state index contributed by atoms with van der Waals surface area (Å²) in [6.07, 6.45) is 10.6. The highest BCUT2D eigenvalue weighted by molar-refractivity contribution is 5.85. The maximum absolute atomic E-state index is 11.2. The highest BCUT2D eigenvalue weighted by atomic mass is 16.3. The molecule has 2 N–H and O–H groups in total. The van der Waals surface area contributed by atoms with E-state index in [9.17, 15) is 10.2 Å². The summed E-state index contributed by atoms with van der Waals surface area (Å²) in [7, 11) is 0. The van der Waals surface area contributed by atoms with E-state index in [4.69, 9.17) is 0 Å². The number of hydrogen-bond donors (Lipinski definition) is 2. The van der Waals surface area contributed by atoms with Crippen LogP contribution in [0.4, 0.5) is 0 Å². The second kappa shape index (κ2) is 6.98. The molecular weight excluding hydrogens is 320 g/mol. The molecule has 4 rings (SSSR count). The zero-order valence-corrected chi connectivity index (χ0v) is 16.1. The Morgan fingerprint density at radius 2 is 1.04 bits per heavy atom. The molecular formula is C24H30O2. The molecule has 2 aliphatic carbocycles. The second-order valence-corrected chi connectivity index (χ2v) is 7.92. The van der Waals surface area contributed by atoms with E-state index < -0.39 is 0 Å². The summed E-state index contributed by atoms with van der Waals surface area (Å²) in [6.45, 7) is 4.21. The Bertz CT molecular complexity index is 777. The predicted molar refractivity (Wildman–Crippen MR) is 107 cm³/mol. The minimum absolute atomic E-state index is 0.407. The van der Waals surface area contributed by atoms with Gasteiger partial charge >= 0.3 is 0 Å². The van der Waals surface area contributed by atoms with E-state index in [0.29, 0.717) is 11.5 Å². The fraction of sp³-hybridized carbons (Fsp3) is 0.500. The van der Waals surface area contributed by atoms with E-state index in [0.717, 1.165) is 60.8 Å². The Balaban J connectivity index is 2.07. The average molecular weight is 351 g/mol. The van der Waals surface area contributed by atoms with Crippen molar-refractivity contribution in [1.29, 1.82) is 0 Å². The van der Waals surface area contributed by atoms with Gasteiger partial charge in [-0.15, -0.1) is 0 Å². The van der Waals surface area contributed by atoms with Gasteiger partial charge in [0.1, 0.15) is 11.5 Å². The highest BCUT2D eigenvalue weighted by Crippen LogP contribution is 2.48. The Morgan fingerprint density at radius 3 is 1.42 bits per heavy atom. The summed E-state index contributed by atoms with van der Waals surface area (Å²) in [5, 5.41) is 22.4. The van der Waals surface area contributed by atoms with Crippen LogP contribution in [0.2, 0.25) is 0 Å². The molecule has 2 heteroatoms. The number of benzene rings is 2. The number of rotatable bonds is 3. The minimum atomic E-state index is 0.407. The molecule has 0 saturated carbocycles. The quantitative estimate of drug-likeness (QED) is 0.751. The van der Waals surface area contributed by atoms with Gasteiger partial charge in [-0.05, 0) is 97.6 Å². The molecule has 2 aromatic carbocycles. The van der Waals surface area contributed by atoms with Crippen LogP contribution in [0.25, 0.3) is 11.1 Å². The third-order valence-corrected chi connectivity index (χ3v) is 6.42. The SMILES string of the molecule is CCc1cc2c(c(-c3c(O)c(CC)cc4c3CCCC4)c1O)CCCC2. The Kier molecular flexibility index (Phi) is 4.69. The standard InChI is InChI=1S/C24H30O2/c1-3-15-13-17-9-5-7-11-19(17)21(23(15)25)22-20-12-8-6-10-18(20)14-16(4-2)24(22)26/h13-14,25-26H,3-12H2,1-2H3. The van der Waals surface area contributed by atoms with Gasteiger partial charge in [0.25, 0.3) is 0 Å². The van der Waals surface area contributed by atoms with Crippen molar-refractivity contribution in [2.75, 3.05) is 0 Å². The van der Waals surface area contributed by atoms with Crippen molar-refractivity contribution in [3.63, 3.8) is 0 Å². The summed E-state index contributed by atoms with van der Waals surface area (Å²) in [4.78, 5) is 0. The summed E-state index contributed by atoms with van der Waals surface area (Å²) in [5.74, 6) is 0.814. The normalized spacial score (nSPS) is 16.2. The molecule has 0 heterocycles. The molecule has 138 valence electrons. The lowest BCUT2D eigenvalue weighted by atomic mass is 9.78. The van der Waals surface area contributed by atoms with Crippen LogP contribution in [-0.2, 0) is 38.5 Å². The van der Waals surface area contributed by atoms with Crippen molar-refractivity contribution in [2.45, 2.75) is 78.1 Å². The monoisotopic (exact) mass is 350 g/mol. The zero-order chi connectivity index (χ0) is 18.3. The highest BCUT2D eigenvalue weighted by Gasteiger charge is 2.27. The van der Waals surface area contributed by atoms with Crippen LogP contribution in [-0.4, -0.2) is 10.2 Å². The summed E-state index contributed by atoms with van der Waals surface area (Å²) in [6, 6.07) is 4.42. The molecule has 2 aliphatic rings. The Labute approximate surface area is 156 Å². The number of aromatic hydroxyl groups is 2. The van der Waals surface area contributed by atoms with Gasteiger partial charge in [0.05, 0.1) is 0 Å². The summed E-state index contributed by atoms with van der Waals surface area (Å²) in [5.41, 5.74) is 9.26. The van der Waals surface area contributed by atoms with Gasteiger partial charge in [-0.3, -0.25) is 0 Å². The predicted octanol–water partition coefficient (Wildman–Crippen LogP) is 5.65. The molecule has 0 radical (unpaired) electrons. The van der Waals surface area contributed by atoms with E-state index in [-0.39, 0.29) is 0 Å². The molecule has 0 fully saturated rings. The number of hydrogen-bond acceptors (Lipinski definition) is 2. The summed E-state index contributed by atoms with van der Waals surface area (Å²) >= 11 is 0. The molecule has 0 atom stereocenters. The van der Waals surface area contributed by atoms with E-state index in [1.807, 2.05) is 0 Å². The molecule has 2 aromatic rings. The molecule has 2 nitrogen and oxygen atoms in total. The van der Waals surface area contributed by atoms with Crippen molar-refractivity contribution in [2.24, 2.45) is 0 Å². The molecule has 0 bridgehead atoms. The van der Waals surface area contributed by atoms with E-state index in [1.54, 1.807) is 0 Å². The van der Waals surface area contributed by atoms with E-state index >= 15 is 0 Å². The van der Waals surface area contributed by atoms with Gasteiger partial charge < -0.3 is 10.2 Å². The maximum atomic E-state index is 11.2. The molecule has 0 amide bonds. The fourth-order valence-corrected chi connectivity index (χ4v) is 4.99. The van der Waals surface area contributed by atoms with E-state index in [1.165, 1.54) is 47.9 Å². The Morgan fingerprint density at radius 1 is 0.654 bits per heavy atom. The molecule has 0 saturated heterocycles. The van der Waals surface area contributed by atoms with Crippen LogP contribution >= 0.6 is 0 Å². The van der Waals surface area contributed by atoms with Crippen molar-refractivity contribution in [3.8, 4) is 22.6 Å². The lowest BCUT2D eigenvalue weighted by Crippen LogP contribution is -2.11. The van der Waals surface area contributed by atoms with Crippen LogP contribution in [0.5, 0.6) is 11.5 Å². The first-order valence-electron chi connectivity index (χ1n) is 10.4. The largest absolute Gasteiger partial charge is 0.507 e. The van der Waals surface area contributed by atoms with Crippen molar-refractivity contribution < 1.29 is 10.2 Å².